The highest BCUT2D eigenvalue weighted by Crippen LogP contribution is 2.43. The average molecular weight is 378 g/mol. The molecule has 140 valence electrons. The first-order valence-electron chi connectivity index (χ1n) is 7.88. The van der Waals surface area contributed by atoms with Crippen LogP contribution in [-0.4, -0.2) is 21.9 Å². The zero-order valence-electron chi connectivity index (χ0n) is 14.0. The molecule has 2 aromatic heterocycles. The molecule has 0 aliphatic rings. The number of nitro benzene ring substituents is 1. The summed E-state index contributed by atoms with van der Waals surface area (Å²) in [4.78, 5) is 22.5. The Hall–Kier alpha value is -3.36. The Kier molecular flexibility index (Phi) is 4.61. The van der Waals surface area contributed by atoms with E-state index in [1.807, 2.05) is 0 Å². The highest BCUT2D eigenvalue weighted by molar-refractivity contribution is 6.02. The molecule has 0 aliphatic heterocycles. The van der Waals surface area contributed by atoms with Gasteiger partial charge < -0.3 is 9.14 Å². The molecule has 0 aliphatic carbocycles. The van der Waals surface area contributed by atoms with Crippen LogP contribution >= 0.6 is 0 Å². The van der Waals surface area contributed by atoms with Gasteiger partial charge in [-0.1, -0.05) is 6.07 Å². The first-order chi connectivity index (χ1) is 12.8. The minimum Gasteiger partial charge on any atom is -0.462 e. The third-order valence-corrected chi connectivity index (χ3v) is 3.96. The maximum absolute atomic E-state index is 13.9. The summed E-state index contributed by atoms with van der Waals surface area (Å²) in [5.41, 5.74) is -2.13. The molecule has 1 aromatic carbocycles. The van der Waals surface area contributed by atoms with Crippen molar-refractivity contribution in [2.24, 2.45) is 0 Å². The SMILES string of the molecule is CCOC(=O)c1c(C(F)(F)F)c(-c2ccc([N+](=O)[O-])cc2)n2ccccc12. The molecule has 0 amide bonds. The van der Waals surface area contributed by atoms with Crippen LogP contribution in [0.15, 0.2) is 48.7 Å². The van der Waals surface area contributed by atoms with E-state index in [0.717, 1.165) is 12.1 Å². The molecular weight excluding hydrogens is 365 g/mol. The maximum Gasteiger partial charge on any atom is 0.419 e. The number of carbonyl (C=O) groups is 1. The van der Waals surface area contributed by atoms with Gasteiger partial charge in [0.25, 0.3) is 5.69 Å². The van der Waals surface area contributed by atoms with Gasteiger partial charge in [-0.3, -0.25) is 10.1 Å². The van der Waals surface area contributed by atoms with Crippen molar-refractivity contribution in [1.82, 2.24) is 4.40 Å². The zero-order chi connectivity index (χ0) is 19.8. The summed E-state index contributed by atoms with van der Waals surface area (Å²) >= 11 is 0. The van der Waals surface area contributed by atoms with Crippen LogP contribution in [0.25, 0.3) is 16.8 Å². The van der Waals surface area contributed by atoms with Crippen LogP contribution in [0.4, 0.5) is 18.9 Å². The lowest BCUT2D eigenvalue weighted by atomic mass is 10.0. The molecule has 0 saturated heterocycles. The summed E-state index contributed by atoms with van der Waals surface area (Å²) in [6, 6.07) is 9.09. The predicted molar refractivity (Wildman–Crippen MR) is 90.4 cm³/mol. The fourth-order valence-electron chi connectivity index (χ4n) is 2.92. The number of nitro groups is 1. The molecule has 3 rings (SSSR count). The first-order valence-corrected chi connectivity index (χ1v) is 7.88. The monoisotopic (exact) mass is 378 g/mol. The van der Waals surface area contributed by atoms with Gasteiger partial charge in [-0.15, -0.1) is 0 Å². The summed E-state index contributed by atoms with van der Waals surface area (Å²) < 4.78 is 47.8. The smallest absolute Gasteiger partial charge is 0.419 e. The first kappa shape index (κ1) is 18.4. The third kappa shape index (κ3) is 3.23. The summed E-state index contributed by atoms with van der Waals surface area (Å²) in [6.07, 6.45) is -3.45. The van der Waals surface area contributed by atoms with Crippen LogP contribution in [0, 0.1) is 10.1 Å². The van der Waals surface area contributed by atoms with Crippen molar-refractivity contribution in [3.8, 4) is 11.3 Å². The number of ether oxygens (including phenoxy) is 1. The molecule has 0 fully saturated rings. The lowest BCUT2D eigenvalue weighted by Crippen LogP contribution is -2.14. The highest BCUT2D eigenvalue weighted by Gasteiger charge is 2.42. The lowest BCUT2D eigenvalue weighted by Gasteiger charge is -2.11. The van der Waals surface area contributed by atoms with Crippen LogP contribution in [-0.2, 0) is 10.9 Å². The number of carbonyl (C=O) groups excluding carboxylic acids is 1. The number of hydrogen-bond donors (Lipinski definition) is 0. The molecule has 0 N–H and O–H groups in total. The van der Waals surface area contributed by atoms with E-state index in [2.05, 4.69) is 0 Å². The molecular formula is C18H13F3N2O4. The Morgan fingerprint density at radius 1 is 1.19 bits per heavy atom. The van der Waals surface area contributed by atoms with Crippen molar-refractivity contribution >= 4 is 17.2 Å². The standard InChI is InChI=1S/C18H13F3N2O4/c1-2-27-17(24)14-13-5-3-4-10-22(13)16(15(14)18(19,20)21)11-6-8-12(9-7-11)23(25)26/h3-10H,2H2,1H3. The Labute approximate surface area is 150 Å². The quantitative estimate of drug-likeness (QED) is 0.374. The molecule has 0 atom stereocenters. The molecule has 0 radical (unpaired) electrons. The summed E-state index contributed by atoms with van der Waals surface area (Å²) in [5, 5.41) is 10.8. The van der Waals surface area contributed by atoms with E-state index in [9.17, 15) is 28.1 Å². The molecule has 0 spiro atoms. The van der Waals surface area contributed by atoms with E-state index in [0.29, 0.717) is 0 Å². The normalized spacial score (nSPS) is 11.6. The van der Waals surface area contributed by atoms with Crippen molar-refractivity contribution in [3.63, 3.8) is 0 Å². The maximum atomic E-state index is 13.9. The van der Waals surface area contributed by atoms with Crippen molar-refractivity contribution in [2.75, 3.05) is 6.61 Å². The van der Waals surface area contributed by atoms with E-state index in [1.54, 1.807) is 0 Å². The number of esters is 1. The Morgan fingerprint density at radius 2 is 1.85 bits per heavy atom. The van der Waals surface area contributed by atoms with Gasteiger partial charge in [0.15, 0.2) is 0 Å². The Balaban J connectivity index is 2.37. The molecule has 6 nitrogen and oxygen atoms in total. The van der Waals surface area contributed by atoms with E-state index in [4.69, 9.17) is 4.74 Å². The van der Waals surface area contributed by atoms with Crippen LogP contribution < -0.4 is 0 Å². The fourth-order valence-corrected chi connectivity index (χ4v) is 2.92. The molecule has 0 unspecified atom stereocenters. The number of alkyl halides is 3. The van der Waals surface area contributed by atoms with E-state index >= 15 is 0 Å². The average Bonchev–Trinajstić information content (AvgIpc) is 2.97. The predicted octanol–water partition coefficient (Wildman–Crippen LogP) is 4.71. The van der Waals surface area contributed by atoms with Crippen molar-refractivity contribution in [1.29, 1.82) is 0 Å². The topological polar surface area (TPSA) is 73.8 Å². The van der Waals surface area contributed by atoms with Crippen molar-refractivity contribution in [2.45, 2.75) is 13.1 Å². The van der Waals surface area contributed by atoms with Crippen LogP contribution in [0.1, 0.15) is 22.8 Å². The van der Waals surface area contributed by atoms with E-state index in [-0.39, 0.29) is 29.1 Å². The van der Waals surface area contributed by atoms with Gasteiger partial charge in [0.1, 0.15) is 0 Å². The van der Waals surface area contributed by atoms with Gasteiger partial charge >= 0.3 is 12.1 Å². The largest absolute Gasteiger partial charge is 0.462 e. The van der Waals surface area contributed by atoms with Gasteiger partial charge in [0, 0.05) is 18.3 Å². The van der Waals surface area contributed by atoms with Gasteiger partial charge in [0.05, 0.1) is 33.9 Å². The number of hydrogen-bond acceptors (Lipinski definition) is 4. The highest BCUT2D eigenvalue weighted by atomic mass is 19.4. The number of halogens is 3. The number of aromatic nitrogens is 1. The number of pyridine rings is 1. The van der Waals surface area contributed by atoms with Gasteiger partial charge in [-0.25, -0.2) is 4.79 Å². The van der Waals surface area contributed by atoms with Crippen molar-refractivity contribution in [3.05, 3.63) is 69.9 Å². The number of rotatable bonds is 4. The number of nitrogens with zero attached hydrogens (tertiary/aromatic N) is 2. The third-order valence-electron chi connectivity index (χ3n) is 3.96. The molecule has 27 heavy (non-hydrogen) atoms. The van der Waals surface area contributed by atoms with Crippen LogP contribution in [0.5, 0.6) is 0 Å². The number of fused-ring (bicyclic) bond motifs is 1. The minimum atomic E-state index is -4.84. The van der Waals surface area contributed by atoms with E-state index < -0.39 is 28.2 Å². The minimum absolute atomic E-state index is 0.0385. The second kappa shape index (κ2) is 6.75. The molecule has 2 heterocycles. The molecule has 3 aromatic rings. The summed E-state index contributed by atoms with van der Waals surface area (Å²) in [6.45, 7) is 1.42. The number of non-ortho nitro benzene ring substituents is 1. The molecule has 0 bridgehead atoms. The molecule has 0 saturated carbocycles. The molecule has 9 heteroatoms. The Morgan fingerprint density at radius 3 is 2.41 bits per heavy atom. The summed E-state index contributed by atoms with van der Waals surface area (Å²) in [5.74, 6) is -1.08. The van der Waals surface area contributed by atoms with Gasteiger partial charge in [-0.05, 0) is 36.8 Å². The van der Waals surface area contributed by atoms with Crippen LogP contribution in [0.2, 0.25) is 0 Å². The second-order valence-electron chi connectivity index (χ2n) is 5.58. The van der Waals surface area contributed by atoms with E-state index in [1.165, 1.54) is 47.9 Å². The van der Waals surface area contributed by atoms with Crippen molar-refractivity contribution < 1.29 is 27.6 Å². The Bertz CT molecular complexity index is 1020. The van der Waals surface area contributed by atoms with Gasteiger partial charge in [0.2, 0.25) is 0 Å². The van der Waals surface area contributed by atoms with Gasteiger partial charge in [-0.2, -0.15) is 13.2 Å². The van der Waals surface area contributed by atoms with Crippen LogP contribution in [0.3, 0.4) is 0 Å². The number of benzene rings is 1. The summed E-state index contributed by atoms with van der Waals surface area (Å²) in [7, 11) is 0. The second-order valence-corrected chi connectivity index (χ2v) is 5.58. The lowest BCUT2D eigenvalue weighted by molar-refractivity contribution is -0.384. The fraction of sp³-hybridized carbons (Fsp3) is 0.167. The zero-order valence-corrected chi connectivity index (χ0v) is 14.0.